The van der Waals surface area contributed by atoms with Crippen molar-refractivity contribution in [2.75, 3.05) is 11.9 Å². The van der Waals surface area contributed by atoms with Crippen LogP contribution in [0.1, 0.15) is 13.3 Å². The first-order valence-corrected chi connectivity index (χ1v) is 5.90. The van der Waals surface area contributed by atoms with E-state index < -0.39 is 5.82 Å². The predicted octanol–water partition coefficient (Wildman–Crippen LogP) is 3.06. The smallest absolute Gasteiger partial charge is 0.228 e. The van der Waals surface area contributed by atoms with Crippen LogP contribution in [0.5, 0.6) is 0 Å². The molecule has 17 heavy (non-hydrogen) atoms. The predicted molar refractivity (Wildman–Crippen MR) is 67.9 cm³/mol. The van der Waals surface area contributed by atoms with E-state index in [0.717, 1.165) is 12.1 Å². The Kier molecular flexibility index (Phi) is 5.18. The molecule has 1 rings (SSSR count). The van der Waals surface area contributed by atoms with Crippen molar-refractivity contribution in [1.82, 2.24) is 0 Å². The SMILES string of the molecule is CCC(CN)C(=O)Nc1c(Cl)cc(F)cc1Cl. The third-order valence-electron chi connectivity index (χ3n) is 2.40. The molecule has 0 spiro atoms. The summed E-state index contributed by atoms with van der Waals surface area (Å²) in [5.74, 6) is -1.14. The van der Waals surface area contributed by atoms with E-state index in [9.17, 15) is 9.18 Å². The van der Waals surface area contributed by atoms with Gasteiger partial charge in [0.05, 0.1) is 21.7 Å². The van der Waals surface area contributed by atoms with Crippen molar-refractivity contribution in [3.63, 3.8) is 0 Å². The minimum Gasteiger partial charge on any atom is -0.330 e. The second-order valence-corrected chi connectivity index (χ2v) is 4.39. The quantitative estimate of drug-likeness (QED) is 0.890. The van der Waals surface area contributed by atoms with Crippen molar-refractivity contribution in [3.05, 3.63) is 28.0 Å². The molecule has 0 aromatic heterocycles. The highest BCUT2D eigenvalue weighted by Gasteiger charge is 2.17. The Morgan fingerprint density at radius 2 is 2.00 bits per heavy atom. The Morgan fingerprint density at radius 3 is 2.41 bits per heavy atom. The van der Waals surface area contributed by atoms with Crippen molar-refractivity contribution in [1.29, 1.82) is 0 Å². The standard InChI is InChI=1S/C11H13Cl2FN2O/c1-2-6(5-15)11(17)16-10-8(12)3-7(14)4-9(10)13/h3-4,6H,2,5,15H2,1H3,(H,16,17). The van der Waals surface area contributed by atoms with Crippen LogP contribution in [-0.4, -0.2) is 12.5 Å². The highest BCUT2D eigenvalue weighted by Crippen LogP contribution is 2.31. The van der Waals surface area contributed by atoms with Crippen LogP contribution in [0.25, 0.3) is 0 Å². The topological polar surface area (TPSA) is 55.1 Å². The monoisotopic (exact) mass is 278 g/mol. The van der Waals surface area contributed by atoms with Crippen LogP contribution in [-0.2, 0) is 4.79 Å². The molecule has 0 fully saturated rings. The summed E-state index contributed by atoms with van der Waals surface area (Å²) in [5.41, 5.74) is 5.67. The maximum atomic E-state index is 12.9. The van der Waals surface area contributed by atoms with Crippen LogP contribution in [0.2, 0.25) is 10.0 Å². The van der Waals surface area contributed by atoms with Crippen LogP contribution in [0.15, 0.2) is 12.1 Å². The number of carbonyl (C=O) groups is 1. The maximum Gasteiger partial charge on any atom is 0.228 e. The van der Waals surface area contributed by atoms with Gasteiger partial charge in [-0.05, 0) is 18.6 Å². The van der Waals surface area contributed by atoms with Gasteiger partial charge in [-0.1, -0.05) is 30.1 Å². The van der Waals surface area contributed by atoms with Gasteiger partial charge in [0.25, 0.3) is 0 Å². The van der Waals surface area contributed by atoms with Gasteiger partial charge in [-0.3, -0.25) is 4.79 Å². The number of rotatable bonds is 4. The van der Waals surface area contributed by atoms with E-state index in [1.807, 2.05) is 6.92 Å². The molecule has 0 saturated carbocycles. The van der Waals surface area contributed by atoms with Crippen LogP contribution in [0, 0.1) is 11.7 Å². The molecule has 0 aliphatic heterocycles. The first-order valence-electron chi connectivity index (χ1n) is 5.15. The van der Waals surface area contributed by atoms with E-state index in [-0.39, 0.29) is 34.1 Å². The zero-order chi connectivity index (χ0) is 13.0. The molecular formula is C11H13Cl2FN2O. The molecule has 0 saturated heterocycles. The number of halogens is 3. The third-order valence-corrected chi connectivity index (χ3v) is 3.00. The van der Waals surface area contributed by atoms with E-state index in [4.69, 9.17) is 28.9 Å². The highest BCUT2D eigenvalue weighted by molar-refractivity contribution is 6.39. The largest absolute Gasteiger partial charge is 0.330 e. The summed E-state index contributed by atoms with van der Waals surface area (Å²) in [6.07, 6.45) is 0.610. The number of amides is 1. The number of hydrogen-bond acceptors (Lipinski definition) is 2. The van der Waals surface area contributed by atoms with E-state index in [1.54, 1.807) is 0 Å². The maximum absolute atomic E-state index is 12.9. The number of benzene rings is 1. The molecule has 1 aromatic rings. The number of carbonyl (C=O) groups excluding carboxylic acids is 1. The average molecular weight is 279 g/mol. The Labute approximate surface area is 109 Å². The summed E-state index contributed by atoms with van der Waals surface area (Å²) in [6.45, 7) is 2.09. The van der Waals surface area contributed by atoms with Gasteiger partial charge in [0.1, 0.15) is 5.82 Å². The van der Waals surface area contributed by atoms with Crippen molar-refractivity contribution in [2.24, 2.45) is 11.7 Å². The lowest BCUT2D eigenvalue weighted by atomic mass is 10.1. The first kappa shape index (κ1) is 14.2. The summed E-state index contributed by atoms with van der Waals surface area (Å²) in [7, 11) is 0. The van der Waals surface area contributed by atoms with Crippen molar-refractivity contribution in [3.8, 4) is 0 Å². The Balaban J connectivity index is 2.92. The summed E-state index contributed by atoms with van der Waals surface area (Å²) in [6, 6.07) is 2.18. The fourth-order valence-corrected chi connectivity index (χ4v) is 1.90. The lowest BCUT2D eigenvalue weighted by Crippen LogP contribution is -2.28. The van der Waals surface area contributed by atoms with Gasteiger partial charge < -0.3 is 11.1 Å². The molecule has 1 unspecified atom stereocenters. The number of hydrogen-bond donors (Lipinski definition) is 2. The van der Waals surface area contributed by atoms with E-state index in [2.05, 4.69) is 5.32 Å². The molecular weight excluding hydrogens is 266 g/mol. The Bertz CT molecular complexity index is 399. The molecule has 3 N–H and O–H groups in total. The van der Waals surface area contributed by atoms with Crippen molar-refractivity contribution in [2.45, 2.75) is 13.3 Å². The summed E-state index contributed by atoms with van der Waals surface area (Å²) >= 11 is 11.6. The second-order valence-electron chi connectivity index (χ2n) is 3.57. The number of nitrogens with one attached hydrogen (secondary N) is 1. The molecule has 1 aromatic carbocycles. The van der Waals surface area contributed by atoms with Crippen LogP contribution < -0.4 is 11.1 Å². The van der Waals surface area contributed by atoms with E-state index in [1.165, 1.54) is 0 Å². The molecule has 0 aliphatic carbocycles. The fourth-order valence-electron chi connectivity index (χ4n) is 1.35. The molecule has 1 amide bonds. The van der Waals surface area contributed by atoms with Gasteiger partial charge in [-0.2, -0.15) is 0 Å². The summed E-state index contributed by atoms with van der Waals surface area (Å²) in [4.78, 5) is 11.8. The lowest BCUT2D eigenvalue weighted by Gasteiger charge is -2.14. The van der Waals surface area contributed by atoms with Gasteiger partial charge >= 0.3 is 0 Å². The highest BCUT2D eigenvalue weighted by atomic mass is 35.5. The van der Waals surface area contributed by atoms with E-state index in [0.29, 0.717) is 6.42 Å². The lowest BCUT2D eigenvalue weighted by molar-refractivity contribution is -0.119. The van der Waals surface area contributed by atoms with Crippen LogP contribution >= 0.6 is 23.2 Å². The summed E-state index contributed by atoms with van der Waals surface area (Å²) in [5, 5.41) is 2.69. The molecule has 0 aliphatic rings. The van der Waals surface area contributed by atoms with Gasteiger partial charge in [0, 0.05) is 6.54 Å². The molecule has 0 radical (unpaired) electrons. The summed E-state index contributed by atoms with van der Waals surface area (Å²) < 4.78 is 12.9. The molecule has 94 valence electrons. The zero-order valence-electron chi connectivity index (χ0n) is 9.27. The minimum absolute atomic E-state index is 0.0650. The van der Waals surface area contributed by atoms with E-state index >= 15 is 0 Å². The average Bonchev–Trinajstić information content (AvgIpc) is 2.25. The van der Waals surface area contributed by atoms with Crippen molar-refractivity contribution < 1.29 is 9.18 Å². The molecule has 6 heteroatoms. The molecule has 0 heterocycles. The number of anilines is 1. The van der Waals surface area contributed by atoms with Gasteiger partial charge in [0.15, 0.2) is 0 Å². The van der Waals surface area contributed by atoms with Gasteiger partial charge in [-0.25, -0.2) is 4.39 Å². The minimum atomic E-state index is -0.552. The Morgan fingerprint density at radius 1 is 1.47 bits per heavy atom. The molecule has 0 bridgehead atoms. The van der Waals surface area contributed by atoms with Gasteiger partial charge in [-0.15, -0.1) is 0 Å². The second kappa shape index (κ2) is 6.19. The first-order chi connectivity index (χ1) is 7.99. The fraction of sp³-hybridized carbons (Fsp3) is 0.364. The molecule has 1 atom stereocenters. The van der Waals surface area contributed by atoms with Crippen molar-refractivity contribution >= 4 is 34.8 Å². The van der Waals surface area contributed by atoms with Gasteiger partial charge in [0.2, 0.25) is 5.91 Å². The molecule has 3 nitrogen and oxygen atoms in total. The Hall–Kier alpha value is -0.840. The normalized spacial score (nSPS) is 12.3. The number of nitrogens with two attached hydrogens (primary N) is 1. The zero-order valence-corrected chi connectivity index (χ0v) is 10.8. The third kappa shape index (κ3) is 3.56. The van der Waals surface area contributed by atoms with Crippen LogP contribution in [0.3, 0.4) is 0 Å². The van der Waals surface area contributed by atoms with Crippen LogP contribution in [0.4, 0.5) is 10.1 Å².